The zero-order chi connectivity index (χ0) is 18.4. The molecule has 0 radical (unpaired) electrons. The van der Waals surface area contributed by atoms with Gasteiger partial charge in [0.15, 0.2) is 0 Å². The lowest BCUT2D eigenvalue weighted by Gasteiger charge is -2.27. The number of hydrogen-bond acceptors (Lipinski definition) is 4. The number of nitrogens with one attached hydrogen (secondary N) is 1. The van der Waals surface area contributed by atoms with Crippen molar-refractivity contribution in [2.24, 2.45) is 0 Å². The predicted molar refractivity (Wildman–Crippen MR) is 97.4 cm³/mol. The quantitative estimate of drug-likeness (QED) is 0.825. The molecule has 134 valence electrons. The number of aromatic hydroxyl groups is 1. The van der Waals surface area contributed by atoms with Crippen LogP contribution >= 0.6 is 0 Å². The van der Waals surface area contributed by atoms with E-state index in [0.29, 0.717) is 37.4 Å². The number of ether oxygens (including phenoxy) is 1. The summed E-state index contributed by atoms with van der Waals surface area (Å²) in [5, 5.41) is 12.1. The van der Waals surface area contributed by atoms with E-state index in [1.807, 2.05) is 6.07 Å². The van der Waals surface area contributed by atoms with Gasteiger partial charge in [0.2, 0.25) is 0 Å². The van der Waals surface area contributed by atoms with Crippen LogP contribution in [0, 0.1) is 0 Å². The van der Waals surface area contributed by atoms with E-state index in [2.05, 4.69) is 5.32 Å². The second kappa shape index (κ2) is 8.31. The summed E-state index contributed by atoms with van der Waals surface area (Å²) in [5.74, 6) is -0.473. The molecule has 0 aliphatic carbocycles. The zero-order valence-electron chi connectivity index (χ0n) is 14.2. The molecular weight excluding hydrogens is 332 g/mol. The molecule has 1 heterocycles. The van der Waals surface area contributed by atoms with Gasteiger partial charge in [0.1, 0.15) is 11.4 Å². The number of hydrogen-bond donors (Lipinski definition) is 2. The number of phenolic OH excluding ortho intramolecular Hbond substituents is 1. The molecule has 3 rings (SSSR count). The Morgan fingerprint density at radius 3 is 2.31 bits per heavy atom. The smallest absolute Gasteiger partial charge is 0.270 e. The highest BCUT2D eigenvalue weighted by atomic mass is 16.5. The highest BCUT2D eigenvalue weighted by Gasteiger charge is 2.22. The van der Waals surface area contributed by atoms with E-state index in [1.54, 1.807) is 47.4 Å². The predicted octanol–water partition coefficient (Wildman–Crippen LogP) is 2.02. The van der Waals surface area contributed by atoms with Crippen molar-refractivity contribution in [2.75, 3.05) is 26.3 Å². The molecule has 2 aromatic carbocycles. The summed E-state index contributed by atoms with van der Waals surface area (Å²) in [4.78, 5) is 27.0. The van der Waals surface area contributed by atoms with Gasteiger partial charge in [0.25, 0.3) is 11.8 Å². The Labute approximate surface area is 151 Å². The first-order chi connectivity index (χ1) is 12.6. The number of nitrogens with zero attached hydrogens (tertiary/aromatic N) is 1. The number of rotatable bonds is 4. The third-order valence-corrected chi connectivity index (χ3v) is 4.02. The number of carbonyl (C=O) groups excluding carboxylic acids is 2. The van der Waals surface area contributed by atoms with Crippen LogP contribution in [0.5, 0.6) is 5.75 Å². The van der Waals surface area contributed by atoms with Gasteiger partial charge in [-0.2, -0.15) is 0 Å². The van der Waals surface area contributed by atoms with Crippen molar-refractivity contribution >= 4 is 17.9 Å². The summed E-state index contributed by atoms with van der Waals surface area (Å²) < 4.78 is 5.28. The molecule has 1 aliphatic rings. The largest absolute Gasteiger partial charge is 0.508 e. The van der Waals surface area contributed by atoms with Crippen LogP contribution in [0.4, 0.5) is 0 Å². The fourth-order valence-electron chi connectivity index (χ4n) is 2.61. The van der Waals surface area contributed by atoms with E-state index in [1.165, 1.54) is 12.1 Å². The molecule has 0 unspecified atom stereocenters. The number of amides is 2. The molecule has 0 spiro atoms. The number of benzene rings is 2. The SMILES string of the molecule is O=C(NC(=Cc1ccc(O)cc1)C(=O)N1CCOCC1)c1ccccc1. The molecule has 0 atom stereocenters. The molecule has 1 fully saturated rings. The van der Waals surface area contributed by atoms with E-state index >= 15 is 0 Å². The summed E-state index contributed by atoms with van der Waals surface area (Å²) in [5.41, 5.74) is 1.36. The summed E-state index contributed by atoms with van der Waals surface area (Å²) in [6.07, 6.45) is 1.61. The van der Waals surface area contributed by atoms with Gasteiger partial charge >= 0.3 is 0 Å². The first-order valence-electron chi connectivity index (χ1n) is 8.37. The Morgan fingerprint density at radius 2 is 1.65 bits per heavy atom. The van der Waals surface area contributed by atoms with Crippen molar-refractivity contribution in [3.63, 3.8) is 0 Å². The molecular formula is C20H20N2O4. The van der Waals surface area contributed by atoms with Crippen molar-refractivity contribution in [3.05, 3.63) is 71.4 Å². The van der Waals surface area contributed by atoms with Crippen LogP contribution in [0.2, 0.25) is 0 Å². The molecule has 1 saturated heterocycles. The summed E-state index contributed by atoms with van der Waals surface area (Å²) in [7, 11) is 0. The Balaban J connectivity index is 1.86. The highest BCUT2D eigenvalue weighted by Crippen LogP contribution is 2.14. The van der Waals surface area contributed by atoms with E-state index in [9.17, 15) is 14.7 Å². The second-order valence-corrected chi connectivity index (χ2v) is 5.87. The third-order valence-electron chi connectivity index (χ3n) is 4.02. The average Bonchev–Trinajstić information content (AvgIpc) is 2.70. The third kappa shape index (κ3) is 4.49. The maximum absolute atomic E-state index is 12.9. The van der Waals surface area contributed by atoms with Crippen LogP contribution in [-0.4, -0.2) is 48.1 Å². The van der Waals surface area contributed by atoms with Gasteiger partial charge in [-0.3, -0.25) is 9.59 Å². The van der Waals surface area contributed by atoms with Crippen molar-refractivity contribution in [2.45, 2.75) is 0 Å². The normalized spacial score (nSPS) is 14.8. The first-order valence-corrected chi connectivity index (χ1v) is 8.37. The molecule has 26 heavy (non-hydrogen) atoms. The fraction of sp³-hybridized carbons (Fsp3) is 0.200. The Morgan fingerprint density at radius 1 is 1.00 bits per heavy atom. The lowest BCUT2D eigenvalue weighted by molar-refractivity contribution is -0.131. The van der Waals surface area contributed by atoms with Gasteiger partial charge in [0.05, 0.1) is 13.2 Å². The van der Waals surface area contributed by atoms with E-state index < -0.39 is 0 Å². The Kier molecular flexibility index (Phi) is 5.66. The van der Waals surface area contributed by atoms with Gasteiger partial charge in [-0.05, 0) is 35.9 Å². The maximum atomic E-state index is 12.9. The lowest BCUT2D eigenvalue weighted by Crippen LogP contribution is -2.44. The minimum atomic E-state index is -0.350. The van der Waals surface area contributed by atoms with Crippen molar-refractivity contribution in [1.29, 1.82) is 0 Å². The van der Waals surface area contributed by atoms with Gasteiger partial charge in [-0.15, -0.1) is 0 Å². The van der Waals surface area contributed by atoms with E-state index in [-0.39, 0.29) is 23.3 Å². The topological polar surface area (TPSA) is 78.9 Å². The molecule has 6 heteroatoms. The summed E-state index contributed by atoms with van der Waals surface area (Å²) in [6.45, 7) is 1.91. The average molecular weight is 352 g/mol. The molecule has 0 saturated carbocycles. The van der Waals surface area contributed by atoms with Crippen LogP contribution in [-0.2, 0) is 9.53 Å². The highest BCUT2D eigenvalue weighted by molar-refractivity contribution is 6.05. The molecule has 0 bridgehead atoms. The molecule has 0 aromatic heterocycles. The van der Waals surface area contributed by atoms with E-state index in [0.717, 1.165) is 0 Å². The van der Waals surface area contributed by atoms with Crippen LogP contribution in [0.15, 0.2) is 60.3 Å². The number of carbonyl (C=O) groups is 2. The molecule has 2 N–H and O–H groups in total. The van der Waals surface area contributed by atoms with Crippen LogP contribution in [0.25, 0.3) is 6.08 Å². The van der Waals surface area contributed by atoms with Crippen LogP contribution in [0.3, 0.4) is 0 Å². The first kappa shape index (κ1) is 17.7. The molecule has 1 aliphatic heterocycles. The number of phenols is 1. The van der Waals surface area contributed by atoms with Crippen molar-refractivity contribution < 1.29 is 19.4 Å². The second-order valence-electron chi connectivity index (χ2n) is 5.87. The molecule has 2 aromatic rings. The maximum Gasteiger partial charge on any atom is 0.270 e. The zero-order valence-corrected chi connectivity index (χ0v) is 14.2. The summed E-state index contributed by atoms with van der Waals surface area (Å²) in [6, 6.07) is 15.1. The van der Waals surface area contributed by atoms with Gasteiger partial charge < -0.3 is 20.1 Å². The fourth-order valence-corrected chi connectivity index (χ4v) is 2.61. The number of morpholine rings is 1. The lowest BCUT2D eigenvalue weighted by atomic mass is 10.1. The van der Waals surface area contributed by atoms with Gasteiger partial charge in [0, 0.05) is 18.7 Å². The van der Waals surface area contributed by atoms with Gasteiger partial charge in [-0.1, -0.05) is 30.3 Å². The van der Waals surface area contributed by atoms with E-state index in [4.69, 9.17) is 4.74 Å². The van der Waals surface area contributed by atoms with Crippen LogP contribution in [0.1, 0.15) is 15.9 Å². The Hall–Kier alpha value is -3.12. The minimum Gasteiger partial charge on any atom is -0.508 e. The van der Waals surface area contributed by atoms with Crippen LogP contribution < -0.4 is 5.32 Å². The minimum absolute atomic E-state index is 0.136. The van der Waals surface area contributed by atoms with Crippen molar-refractivity contribution in [3.8, 4) is 5.75 Å². The van der Waals surface area contributed by atoms with Gasteiger partial charge in [-0.25, -0.2) is 0 Å². The monoisotopic (exact) mass is 352 g/mol. The summed E-state index contributed by atoms with van der Waals surface area (Å²) >= 11 is 0. The molecule has 2 amide bonds. The standard InChI is InChI=1S/C20H20N2O4/c23-17-8-6-15(7-9-17)14-18(20(25)22-10-12-26-13-11-22)21-19(24)16-4-2-1-3-5-16/h1-9,14,23H,10-13H2,(H,21,24). The Bertz CT molecular complexity index is 794. The van der Waals surface area contributed by atoms with Crippen molar-refractivity contribution in [1.82, 2.24) is 10.2 Å². The molecule has 6 nitrogen and oxygen atoms in total.